The van der Waals surface area contributed by atoms with E-state index in [1.54, 1.807) is 13.8 Å². The molecule has 0 aliphatic carbocycles. The number of benzene rings is 1. The number of nitrogens with zero attached hydrogens (tertiary/aromatic N) is 2. The van der Waals surface area contributed by atoms with Crippen LogP contribution >= 0.6 is 11.3 Å². The summed E-state index contributed by atoms with van der Waals surface area (Å²) in [5, 5.41) is 0.587. The average molecular weight is 346 g/mol. The summed E-state index contributed by atoms with van der Waals surface area (Å²) in [7, 11) is -4.02. The van der Waals surface area contributed by atoms with E-state index in [0.717, 1.165) is 27.8 Å². The molecule has 0 spiro atoms. The Bertz CT molecular complexity index is 849. The summed E-state index contributed by atoms with van der Waals surface area (Å²) in [6, 6.07) is 1.79. The maximum absolute atomic E-state index is 14.1. The zero-order chi connectivity index (χ0) is 16.1. The third kappa shape index (κ3) is 2.24. The molecule has 1 aromatic carbocycles. The topological polar surface area (TPSA) is 59.5 Å². The van der Waals surface area contributed by atoms with Gasteiger partial charge in [0.1, 0.15) is 12.3 Å². The lowest BCUT2D eigenvalue weighted by molar-refractivity contribution is 0.296. The Morgan fingerprint density at radius 1 is 1.27 bits per heavy atom. The van der Waals surface area contributed by atoms with Gasteiger partial charge in [-0.3, -0.25) is 4.31 Å². The fraction of sp³-hybridized carbons (Fsp3) is 0.308. The first kappa shape index (κ1) is 15.2. The smallest absolute Gasteiger partial charge is 0.276 e. The third-order valence-corrected chi connectivity index (χ3v) is 6.67. The van der Waals surface area contributed by atoms with Gasteiger partial charge in [-0.2, -0.15) is 0 Å². The second-order valence-electron chi connectivity index (χ2n) is 4.74. The second kappa shape index (κ2) is 5.17. The van der Waals surface area contributed by atoms with Crippen LogP contribution in [0.2, 0.25) is 0 Å². The van der Waals surface area contributed by atoms with E-state index in [0.29, 0.717) is 10.7 Å². The van der Waals surface area contributed by atoms with Crippen molar-refractivity contribution < 1.29 is 21.9 Å². The van der Waals surface area contributed by atoms with Gasteiger partial charge in [-0.05, 0) is 26.0 Å². The van der Waals surface area contributed by atoms with E-state index in [1.807, 2.05) is 0 Å². The Balaban J connectivity index is 2.19. The van der Waals surface area contributed by atoms with E-state index in [1.165, 1.54) is 0 Å². The van der Waals surface area contributed by atoms with Crippen molar-refractivity contribution >= 4 is 27.0 Å². The largest absolute Gasteiger partial charge is 0.486 e. The number of anilines is 1. The first-order valence-corrected chi connectivity index (χ1v) is 8.65. The summed E-state index contributed by atoms with van der Waals surface area (Å²) in [5.74, 6) is -2.03. The van der Waals surface area contributed by atoms with Crippen LogP contribution in [0.5, 0.6) is 5.75 Å². The molecule has 0 bridgehead atoms. The van der Waals surface area contributed by atoms with Crippen LogP contribution in [0.15, 0.2) is 16.3 Å². The summed E-state index contributed by atoms with van der Waals surface area (Å²) in [6.07, 6.45) is 0. The molecule has 5 nitrogen and oxygen atoms in total. The first-order valence-electron chi connectivity index (χ1n) is 6.40. The fourth-order valence-electron chi connectivity index (χ4n) is 2.33. The monoisotopic (exact) mass is 346 g/mol. The molecule has 0 N–H and O–H groups in total. The molecule has 0 saturated carbocycles. The van der Waals surface area contributed by atoms with Crippen molar-refractivity contribution in [2.45, 2.75) is 18.1 Å². The minimum Gasteiger partial charge on any atom is -0.486 e. The highest BCUT2D eigenvalue weighted by Crippen LogP contribution is 2.40. The van der Waals surface area contributed by atoms with Gasteiger partial charge in [-0.15, -0.1) is 11.3 Å². The Labute approximate surface area is 130 Å². The number of fused-ring (bicyclic) bond motifs is 1. The van der Waals surface area contributed by atoms with Gasteiger partial charge in [-0.1, -0.05) is 0 Å². The van der Waals surface area contributed by atoms with Crippen LogP contribution in [0.25, 0.3) is 0 Å². The van der Waals surface area contributed by atoms with Gasteiger partial charge in [0.15, 0.2) is 21.6 Å². The minimum atomic E-state index is -4.02. The van der Waals surface area contributed by atoms with Gasteiger partial charge in [0.25, 0.3) is 10.0 Å². The lowest BCUT2D eigenvalue weighted by Crippen LogP contribution is -2.38. The van der Waals surface area contributed by atoms with Crippen LogP contribution in [0.1, 0.15) is 10.7 Å². The Kier molecular flexibility index (Phi) is 3.56. The van der Waals surface area contributed by atoms with E-state index in [-0.39, 0.29) is 23.1 Å². The number of sulfonamides is 1. The molecule has 2 aromatic rings. The van der Waals surface area contributed by atoms with Gasteiger partial charge < -0.3 is 4.74 Å². The van der Waals surface area contributed by atoms with Crippen LogP contribution < -0.4 is 9.04 Å². The normalized spacial score (nSPS) is 14.6. The molecule has 2 heterocycles. The van der Waals surface area contributed by atoms with Crippen LogP contribution in [-0.2, 0) is 10.0 Å². The van der Waals surface area contributed by atoms with E-state index in [2.05, 4.69) is 4.98 Å². The maximum Gasteiger partial charge on any atom is 0.276 e. The molecule has 1 aromatic heterocycles. The molecule has 118 valence electrons. The maximum atomic E-state index is 14.1. The van der Waals surface area contributed by atoms with Crippen molar-refractivity contribution in [3.05, 3.63) is 34.5 Å². The number of rotatable bonds is 2. The second-order valence-corrected chi connectivity index (χ2v) is 8.00. The molecule has 0 radical (unpaired) electrons. The zero-order valence-electron chi connectivity index (χ0n) is 11.8. The van der Waals surface area contributed by atoms with Crippen LogP contribution in [0.3, 0.4) is 0 Å². The number of hydrogen-bond acceptors (Lipinski definition) is 5. The first-order chi connectivity index (χ1) is 10.3. The molecule has 3 rings (SSSR count). The van der Waals surface area contributed by atoms with Crippen molar-refractivity contribution in [2.75, 3.05) is 17.5 Å². The number of hydrogen-bond donors (Lipinski definition) is 0. The summed E-state index contributed by atoms with van der Waals surface area (Å²) >= 11 is 1.00. The summed E-state index contributed by atoms with van der Waals surface area (Å²) in [5.41, 5.74) is -0.0518. The summed E-state index contributed by atoms with van der Waals surface area (Å²) in [4.78, 5) is 4.08. The highest BCUT2D eigenvalue weighted by Gasteiger charge is 2.36. The lowest BCUT2D eigenvalue weighted by Gasteiger charge is -2.30. The molecule has 0 atom stereocenters. The van der Waals surface area contributed by atoms with Crippen LogP contribution in [0, 0.1) is 25.5 Å². The molecule has 0 saturated heterocycles. The van der Waals surface area contributed by atoms with E-state index in [4.69, 9.17) is 4.74 Å². The van der Waals surface area contributed by atoms with E-state index in [9.17, 15) is 17.2 Å². The highest BCUT2D eigenvalue weighted by molar-refractivity contribution is 7.94. The minimum absolute atomic E-state index is 0.0292. The molecule has 1 aliphatic heterocycles. The van der Waals surface area contributed by atoms with Crippen molar-refractivity contribution in [2.24, 2.45) is 0 Å². The van der Waals surface area contributed by atoms with Crippen LogP contribution in [0.4, 0.5) is 14.5 Å². The number of thiazole rings is 1. The molecule has 0 fully saturated rings. The molecule has 0 unspecified atom stereocenters. The van der Waals surface area contributed by atoms with Gasteiger partial charge in [0, 0.05) is 0 Å². The van der Waals surface area contributed by atoms with Crippen molar-refractivity contribution in [3.63, 3.8) is 0 Å². The molecular formula is C13H12F2N2O3S2. The standard InChI is InChI=1S/C13H12F2N2O3S2/c1-7-13(21-8(2)16-7)22(18,19)17-5-6-20-12-10(15)4-3-9(14)11(12)17/h3-4H,5-6H2,1-2H3. The fourth-order valence-corrected chi connectivity index (χ4v) is 5.37. The summed E-state index contributed by atoms with van der Waals surface area (Å²) < 4.78 is 59.4. The van der Waals surface area contributed by atoms with Crippen molar-refractivity contribution in [1.82, 2.24) is 4.98 Å². The summed E-state index contributed by atoms with van der Waals surface area (Å²) in [6.45, 7) is 3.11. The molecular weight excluding hydrogens is 334 g/mol. The number of halogens is 2. The number of aromatic nitrogens is 1. The molecule has 1 aliphatic rings. The van der Waals surface area contributed by atoms with Crippen LogP contribution in [-0.4, -0.2) is 26.6 Å². The van der Waals surface area contributed by atoms with Gasteiger partial charge in [-0.25, -0.2) is 22.2 Å². The molecule has 0 amide bonds. The predicted octanol–water partition coefficient (Wildman–Crippen LogP) is 2.63. The lowest BCUT2D eigenvalue weighted by atomic mass is 10.2. The quantitative estimate of drug-likeness (QED) is 0.839. The van der Waals surface area contributed by atoms with E-state index < -0.39 is 27.3 Å². The zero-order valence-corrected chi connectivity index (χ0v) is 13.4. The number of ether oxygens (including phenoxy) is 1. The Morgan fingerprint density at radius 2 is 1.95 bits per heavy atom. The van der Waals surface area contributed by atoms with Crippen molar-refractivity contribution in [3.8, 4) is 5.75 Å². The Morgan fingerprint density at radius 3 is 2.59 bits per heavy atom. The van der Waals surface area contributed by atoms with Crippen molar-refractivity contribution in [1.29, 1.82) is 0 Å². The van der Waals surface area contributed by atoms with E-state index >= 15 is 0 Å². The highest BCUT2D eigenvalue weighted by atomic mass is 32.2. The Hall–Kier alpha value is -1.74. The van der Waals surface area contributed by atoms with Gasteiger partial charge >= 0.3 is 0 Å². The third-order valence-electron chi connectivity index (χ3n) is 3.21. The average Bonchev–Trinajstić information content (AvgIpc) is 2.82. The SMILES string of the molecule is Cc1nc(C)c(S(=O)(=O)N2CCOc3c(F)ccc(F)c32)s1. The molecule has 9 heteroatoms. The van der Waals surface area contributed by atoms with Gasteiger partial charge in [0.05, 0.1) is 17.2 Å². The number of aryl methyl sites for hydroxylation is 2. The molecule has 22 heavy (non-hydrogen) atoms. The van der Waals surface area contributed by atoms with Gasteiger partial charge in [0.2, 0.25) is 0 Å². The predicted molar refractivity (Wildman–Crippen MR) is 78.0 cm³/mol.